The van der Waals surface area contributed by atoms with E-state index < -0.39 is 46.7 Å². The number of hydrogen-bond acceptors (Lipinski definition) is 7. The molecule has 0 saturated heterocycles. The van der Waals surface area contributed by atoms with Gasteiger partial charge in [-0.1, -0.05) is 6.07 Å². The third-order valence-electron chi connectivity index (χ3n) is 6.45. The molecule has 13 heteroatoms. The van der Waals surface area contributed by atoms with Crippen molar-refractivity contribution in [3.63, 3.8) is 0 Å². The van der Waals surface area contributed by atoms with Crippen molar-refractivity contribution in [2.45, 2.75) is 50.8 Å². The number of hydrogen-bond donors (Lipinski definition) is 3. The van der Waals surface area contributed by atoms with Crippen LogP contribution in [0.1, 0.15) is 48.4 Å². The Balaban J connectivity index is 1.63. The van der Waals surface area contributed by atoms with Gasteiger partial charge in [-0.05, 0) is 61.9 Å². The number of carbonyl (C=O) groups is 1. The quantitative estimate of drug-likeness (QED) is 0.304. The Hall–Kier alpha value is -3.19. The van der Waals surface area contributed by atoms with Crippen molar-refractivity contribution in [2.24, 2.45) is 11.8 Å². The van der Waals surface area contributed by atoms with Crippen molar-refractivity contribution in [1.82, 2.24) is 15.0 Å². The number of nitrogens with one attached hydrogen (secondary N) is 1. The second kappa shape index (κ2) is 10.3. The second-order valence-corrected chi connectivity index (χ2v) is 10.0. The zero-order chi connectivity index (χ0) is 27.0. The first-order valence-corrected chi connectivity index (χ1v) is 12.2. The molecule has 0 bridgehead atoms. The Morgan fingerprint density at radius 3 is 2.46 bits per heavy atom. The number of rotatable bonds is 7. The van der Waals surface area contributed by atoms with E-state index in [1.54, 1.807) is 25.1 Å². The average molecular weight is 543 g/mol. The van der Waals surface area contributed by atoms with Gasteiger partial charge in [0.05, 0.1) is 10.8 Å². The number of benzene rings is 1. The Labute approximate surface area is 212 Å². The summed E-state index contributed by atoms with van der Waals surface area (Å²) in [5.74, 6) is -3.08. The maximum atomic E-state index is 14.2. The number of alkyl halides is 5. The lowest BCUT2D eigenvalue weighted by molar-refractivity contribution is -0.290. The van der Waals surface area contributed by atoms with Gasteiger partial charge >= 0.3 is 12.1 Å². The molecule has 2 heterocycles. The molecule has 1 aliphatic carbocycles. The van der Waals surface area contributed by atoms with E-state index in [2.05, 4.69) is 20.3 Å². The molecule has 1 aromatic carbocycles. The first kappa shape index (κ1) is 26.9. The Bertz CT molecular complexity index is 1280. The van der Waals surface area contributed by atoms with E-state index in [1.165, 1.54) is 12.4 Å². The zero-order valence-corrected chi connectivity index (χ0v) is 20.3. The Morgan fingerprint density at radius 1 is 1.14 bits per heavy atom. The van der Waals surface area contributed by atoms with Crippen LogP contribution < -0.4 is 5.32 Å². The summed E-state index contributed by atoms with van der Waals surface area (Å²) < 4.78 is 68.6. The van der Waals surface area contributed by atoms with Gasteiger partial charge in [0.2, 0.25) is 11.5 Å². The minimum Gasteiger partial charge on any atom is -0.481 e. The van der Waals surface area contributed by atoms with Crippen LogP contribution in [-0.2, 0) is 10.4 Å². The molecule has 7 nitrogen and oxygen atoms in total. The SMILES string of the molecule is Cc1cc(Nc2nccc(C(F)F)n2)cc(-c2cnc(C(O)(C3CCC(C(=O)O)CC3)C(F)(F)F)s2)c1. The number of carboxylic acids is 1. The zero-order valence-electron chi connectivity index (χ0n) is 19.5. The fourth-order valence-electron chi connectivity index (χ4n) is 4.55. The van der Waals surface area contributed by atoms with E-state index >= 15 is 0 Å². The smallest absolute Gasteiger partial charge is 0.424 e. The van der Waals surface area contributed by atoms with Gasteiger partial charge < -0.3 is 15.5 Å². The lowest BCUT2D eigenvalue weighted by Crippen LogP contribution is -2.49. The summed E-state index contributed by atoms with van der Waals surface area (Å²) in [5.41, 5.74) is -2.03. The first-order chi connectivity index (χ1) is 17.4. The van der Waals surface area contributed by atoms with E-state index in [4.69, 9.17) is 5.11 Å². The molecule has 4 rings (SSSR count). The predicted octanol–water partition coefficient (Wildman–Crippen LogP) is 6.23. The van der Waals surface area contributed by atoms with Crippen LogP contribution in [-0.4, -0.2) is 37.3 Å². The van der Waals surface area contributed by atoms with Crippen molar-refractivity contribution in [3.8, 4) is 10.4 Å². The van der Waals surface area contributed by atoms with Crippen LogP contribution >= 0.6 is 11.3 Å². The van der Waals surface area contributed by atoms with Crippen molar-refractivity contribution in [2.75, 3.05) is 5.32 Å². The molecule has 198 valence electrons. The van der Waals surface area contributed by atoms with E-state index in [1.807, 2.05) is 0 Å². The number of halogens is 5. The summed E-state index contributed by atoms with van der Waals surface area (Å²) in [6.45, 7) is 1.75. The number of aryl methyl sites for hydroxylation is 1. The summed E-state index contributed by atoms with van der Waals surface area (Å²) >= 11 is 0.695. The van der Waals surface area contributed by atoms with E-state index in [9.17, 15) is 31.9 Å². The third-order valence-corrected chi connectivity index (χ3v) is 7.62. The number of aliphatic hydroxyl groups is 1. The molecule has 37 heavy (non-hydrogen) atoms. The topological polar surface area (TPSA) is 108 Å². The summed E-state index contributed by atoms with van der Waals surface area (Å²) in [5, 5.41) is 22.5. The Morgan fingerprint density at radius 2 is 1.84 bits per heavy atom. The Kier molecular flexibility index (Phi) is 7.47. The monoisotopic (exact) mass is 542 g/mol. The number of aromatic nitrogens is 3. The highest BCUT2D eigenvalue weighted by Crippen LogP contribution is 2.51. The molecule has 3 aromatic rings. The van der Waals surface area contributed by atoms with E-state index in [0.29, 0.717) is 27.5 Å². The molecule has 2 aromatic heterocycles. The van der Waals surface area contributed by atoms with Crippen molar-refractivity contribution >= 4 is 28.9 Å². The highest BCUT2D eigenvalue weighted by molar-refractivity contribution is 7.15. The minimum atomic E-state index is -5.02. The molecular weight excluding hydrogens is 519 g/mol. The van der Waals surface area contributed by atoms with Crippen molar-refractivity contribution < 1.29 is 37.0 Å². The van der Waals surface area contributed by atoms with Crippen molar-refractivity contribution in [1.29, 1.82) is 0 Å². The average Bonchev–Trinajstić information content (AvgIpc) is 3.33. The first-order valence-electron chi connectivity index (χ1n) is 11.4. The van der Waals surface area contributed by atoms with Crippen LogP contribution in [0.15, 0.2) is 36.7 Å². The standard InChI is InChI=1S/C24H23F5N4O3S/c1-12-8-14(10-16(9-12)32-22-30-7-6-17(33-22)19(25)26)18-11-31-21(37-18)23(36,24(27,28)29)15-4-2-13(3-5-15)20(34)35/h6-11,13,15,19,36H,2-5H2,1H3,(H,34,35)(H,30,32,33). The molecule has 1 atom stereocenters. The van der Waals surface area contributed by atoms with Crippen LogP contribution in [0, 0.1) is 18.8 Å². The highest BCUT2D eigenvalue weighted by Gasteiger charge is 2.61. The largest absolute Gasteiger partial charge is 0.481 e. The second-order valence-electron chi connectivity index (χ2n) is 9.00. The van der Waals surface area contributed by atoms with Gasteiger partial charge in [-0.25, -0.2) is 23.7 Å². The number of aliphatic carboxylic acids is 1. The molecule has 0 amide bonds. The summed E-state index contributed by atoms with van der Waals surface area (Å²) in [6.07, 6.45) is -5.49. The molecule has 0 radical (unpaired) electrons. The lowest BCUT2D eigenvalue weighted by atomic mass is 9.73. The molecule has 0 aliphatic heterocycles. The van der Waals surface area contributed by atoms with E-state index in [-0.39, 0.29) is 31.6 Å². The van der Waals surface area contributed by atoms with E-state index in [0.717, 1.165) is 11.6 Å². The third kappa shape index (κ3) is 5.57. The molecule has 0 spiro atoms. The lowest BCUT2D eigenvalue weighted by Gasteiger charge is -2.39. The number of carboxylic acid groups (broad SMARTS) is 1. The minimum absolute atomic E-state index is 0.0400. The predicted molar refractivity (Wildman–Crippen MR) is 126 cm³/mol. The fraction of sp³-hybridized carbons (Fsp3) is 0.417. The number of nitrogens with zero attached hydrogens (tertiary/aromatic N) is 3. The van der Waals surface area contributed by atoms with Gasteiger partial charge in [-0.15, -0.1) is 11.3 Å². The van der Waals surface area contributed by atoms with Gasteiger partial charge in [0.15, 0.2) is 0 Å². The van der Waals surface area contributed by atoms with Crippen LogP contribution in [0.25, 0.3) is 10.4 Å². The van der Waals surface area contributed by atoms with Crippen LogP contribution in [0.4, 0.5) is 33.6 Å². The maximum Gasteiger partial charge on any atom is 0.424 e. The normalized spacial score (nSPS) is 20.0. The van der Waals surface area contributed by atoms with Gasteiger partial charge in [-0.3, -0.25) is 4.79 Å². The maximum absolute atomic E-state index is 14.2. The van der Waals surface area contributed by atoms with Gasteiger partial charge in [-0.2, -0.15) is 13.2 Å². The van der Waals surface area contributed by atoms with Crippen LogP contribution in [0.5, 0.6) is 0 Å². The molecule has 1 saturated carbocycles. The molecular formula is C24H23F5N4O3S. The van der Waals surface area contributed by atoms with Gasteiger partial charge in [0, 0.05) is 24.0 Å². The summed E-state index contributed by atoms with van der Waals surface area (Å²) in [6, 6.07) is 6.08. The number of anilines is 2. The van der Waals surface area contributed by atoms with Crippen molar-refractivity contribution in [3.05, 3.63) is 52.9 Å². The van der Waals surface area contributed by atoms with Crippen LogP contribution in [0.2, 0.25) is 0 Å². The highest BCUT2D eigenvalue weighted by atomic mass is 32.1. The number of thiazole rings is 1. The molecule has 1 unspecified atom stereocenters. The van der Waals surface area contributed by atoms with Crippen LogP contribution in [0.3, 0.4) is 0 Å². The molecule has 1 aliphatic rings. The molecule has 1 fully saturated rings. The van der Waals surface area contributed by atoms with Gasteiger partial charge in [0.25, 0.3) is 6.43 Å². The fourth-order valence-corrected chi connectivity index (χ4v) is 5.64. The summed E-state index contributed by atoms with van der Waals surface area (Å²) in [7, 11) is 0. The molecule has 3 N–H and O–H groups in total. The summed E-state index contributed by atoms with van der Waals surface area (Å²) in [4.78, 5) is 23.2. The van der Waals surface area contributed by atoms with Gasteiger partial charge in [0.1, 0.15) is 10.7 Å².